The number of amides is 1. The SMILES string of the molecule is Cc1ccccc1[C@H]1CCCN(C(=O)c2ccccc2N2CCOCC2)C1. The number of likely N-dealkylation sites (tertiary alicyclic amines) is 1. The Morgan fingerprint density at radius 2 is 1.74 bits per heavy atom. The quantitative estimate of drug-likeness (QED) is 0.829. The van der Waals surface area contributed by atoms with Crippen LogP contribution in [0.1, 0.15) is 40.2 Å². The summed E-state index contributed by atoms with van der Waals surface area (Å²) in [7, 11) is 0. The van der Waals surface area contributed by atoms with Gasteiger partial charge in [-0.2, -0.15) is 0 Å². The minimum absolute atomic E-state index is 0.162. The van der Waals surface area contributed by atoms with Crippen LogP contribution in [-0.4, -0.2) is 50.2 Å². The monoisotopic (exact) mass is 364 g/mol. The van der Waals surface area contributed by atoms with Crippen LogP contribution in [0, 0.1) is 6.92 Å². The molecule has 0 N–H and O–H groups in total. The Kier molecular flexibility index (Phi) is 5.44. The van der Waals surface area contributed by atoms with Crippen molar-refractivity contribution in [3.05, 3.63) is 65.2 Å². The minimum atomic E-state index is 0.162. The lowest BCUT2D eigenvalue weighted by Crippen LogP contribution is -2.41. The average molecular weight is 364 g/mol. The Balaban J connectivity index is 1.55. The van der Waals surface area contributed by atoms with Crippen molar-refractivity contribution in [2.24, 2.45) is 0 Å². The third-order valence-electron chi connectivity index (χ3n) is 5.82. The van der Waals surface area contributed by atoms with Crippen molar-refractivity contribution in [3.63, 3.8) is 0 Å². The highest BCUT2D eigenvalue weighted by Crippen LogP contribution is 2.31. The molecule has 2 aromatic carbocycles. The molecule has 0 aliphatic carbocycles. The molecule has 0 radical (unpaired) electrons. The summed E-state index contributed by atoms with van der Waals surface area (Å²) in [5.41, 5.74) is 4.58. The molecule has 2 aliphatic rings. The fraction of sp³-hybridized carbons (Fsp3) is 0.435. The number of morpholine rings is 1. The third-order valence-corrected chi connectivity index (χ3v) is 5.82. The second kappa shape index (κ2) is 8.13. The van der Waals surface area contributed by atoms with Crippen LogP contribution in [0.15, 0.2) is 48.5 Å². The molecule has 2 saturated heterocycles. The molecule has 4 nitrogen and oxygen atoms in total. The van der Waals surface area contributed by atoms with Gasteiger partial charge in [-0.15, -0.1) is 0 Å². The van der Waals surface area contributed by atoms with Crippen molar-refractivity contribution < 1.29 is 9.53 Å². The van der Waals surface area contributed by atoms with E-state index in [-0.39, 0.29) is 5.91 Å². The zero-order chi connectivity index (χ0) is 18.6. The summed E-state index contributed by atoms with van der Waals surface area (Å²) in [6.45, 7) is 6.96. The van der Waals surface area contributed by atoms with Crippen LogP contribution >= 0.6 is 0 Å². The second-order valence-electron chi connectivity index (χ2n) is 7.56. The van der Waals surface area contributed by atoms with Gasteiger partial charge in [-0.25, -0.2) is 0 Å². The Morgan fingerprint density at radius 3 is 2.56 bits per heavy atom. The predicted molar refractivity (Wildman–Crippen MR) is 109 cm³/mol. The summed E-state index contributed by atoms with van der Waals surface area (Å²) in [5.74, 6) is 0.592. The summed E-state index contributed by atoms with van der Waals surface area (Å²) < 4.78 is 5.48. The number of rotatable bonds is 3. The summed E-state index contributed by atoms with van der Waals surface area (Å²) >= 11 is 0. The van der Waals surface area contributed by atoms with E-state index in [0.717, 1.165) is 63.5 Å². The summed E-state index contributed by atoms with van der Waals surface area (Å²) in [4.78, 5) is 17.7. The molecule has 27 heavy (non-hydrogen) atoms. The van der Waals surface area contributed by atoms with Crippen molar-refractivity contribution in [3.8, 4) is 0 Å². The Morgan fingerprint density at radius 1 is 1.00 bits per heavy atom. The van der Waals surface area contributed by atoms with E-state index in [1.165, 1.54) is 11.1 Å². The first-order valence-electron chi connectivity index (χ1n) is 10.0. The molecule has 0 saturated carbocycles. The van der Waals surface area contributed by atoms with E-state index in [1.54, 1.807) is 0 Å². The van der Waals surface area contributed by atoms with E-state index in [9.17, 15) is 4.79 Å². The Bertz CT molecular complexity index is 798. The fourth-order valence-electron chi connectivity index (χ4n) is 4.37. The standard InChI is InChI=1S/C23H28N2O2/c1-18-7-2-3-9-20(18)19-8-6-12-25(17-19)23(26)21-10-4-5-11-22(21)24-13-15-27-16-14-24/h2-5,7,9-11,19H,6,8,12-17H2,1H3/t19-/m0/s1. The molecule has 0 spiro atoms. The van der Waals surface area contributed by atoms with Gasteiger partial charge in [0.2, 0.25) is 0 Å². The molecule has 2 aromatic rings. The summed E-state index contributed by atoms with van der Waals surface area (Å²) in [5, 5.41) is 0. The van der Waals surface area contributed by atoms with Gasteiger partial charge >= 0.3 is 0 Å². The number of ether oxygens (including phenoxy) is 1. The number of benzene rings is 2. The van der Waals surface area contributed by atoms with Crippen molar-refractivity contribution in [1.82, 2.24) is 4.90 Å². The van der Waals surface area contributed by atoms with Gasteiger partial charge < -0.3 is 14.5 Å². The maximum absolute atomic E-state index is 13.4. The van der Waals surface area contributed by atoms with E-state index in [1.807, 2.05) is 18.2 Å². The van der Waals surface area contributed by atoms with Gasteiger partial charge in [-0.05, 0) is 43.0 Å². The number of nitrogens with zero attached hydrogens (tertiary/aromatic N) is 2. The van der Waals surface area contributed by atoms with Gasteiger partial charge in [0.25, 0.3) is 5.91 Å². The number of carbonyl (C=O) groups excluding carboxylic acids is 1. The van der Waals surface area contributed by atoms with Gasteiger partial charge in [-0.3, -0.25) is 4.79 Å². The van der Waals surface area contributed by atoms with Crippen LogP contribution in [0.4, 0.5) is 5.69 Å². The van der Waals surface area contributed by atoms with Crippen LogP contribution in [-0.2, 0) is 4.74 Å². The molecule has 2 aliphatic heterocycles. The highest BCUT2D eigenvalue weighted by molar-refractivity contribution is 6.00. The van der Waals surface area contributed by atoms with Gasteiger partial charge in [0.05, 0.1) is 18.8 Å². The highest BCUT2D eigenvalue weighted by Gasteiger charge is 2.28. The molecular formula is C23H28N2O2. The third kappa shape index (κ3) is 3.86. The first-order chi connectivity index (χ1) is 13.2. The molecular weight excluding hydrogens is 336 g/mol. The lowest BCUT2D eigenvalue weighted by Gasteiger charge is -2.35. The van der Waals surface area contributed by atoms with Crippen LogP contribution in [0.25, 0.3) is 0 Å². The smallest absolute Gasteiger partial charge is 0.255 e. The van der Waals surface area contributed by atoms with Crippen molar-refractivity contribution in [2.75, 3.05) is 44.3 Å². The fourth-order valence-corrected chi connectivity index (χ4v) is 4.37. The second-order valence-corrected chi connectivity index (χ2v) is 7.56. The highest BCUT2D eigenvalue weighted by atomic mass is 16.5. The predicted octanol–water partition coefficient (Wildman–Crippen LogP) is 3.85. The van der Waals surface area contributed by atoms with E-state index in [0.29, 0.717) is 5.92 Å². The Labute approximate surface area is 161 Å². The maximum Gasteiger partial charge on any atom is 0.255 e. The van der Waals surface area contributed by atoms with Crippen molar-refractivity contribution in [1.29, 1.82) is 0 Å². The lowest BCUT2D eigenvalue weighted by atomic mass is 9.87. The van der Waals surface area contributed by atoms with E-state index in [4.69, 9.17) is 4.74 Å². The molecule has 2 heterocycles. The number of anilines is 1. The molecule has 0 aromatic heterocycles. The molecule has 1 atom stereocenters. The van der Waals surface area contributed by atoms with E-state index >= 15 is 0 Å². The van der Waals surface area contributed by atoms with E-state index in [2.05, 4.69) is 47.1 Å². The zero-order valence-corrected chi connectivity index (χ0v) is 16.1. The number of hydrogen-bond acceptors (Lipinski definition) is 3. The number of carbonyl (C=O) groups is 1. The van der Waals surface area contributed by atoms with E-state index < -0.39 is 0 Å². The first kappa shape index (κ1) is 18.1. The lowest BCUT2D eigenvalue weighted by molar-refractivity contribution is 0.0706. The molecule has 4 heteroatoms. The van der Waals surface area contributed by atoms with Gasteiger partial charge in [0.15, 0.2) is 0 Å². The Hall–Kier alpha value is -2.33. The topological polar surface area (TPSA) is 32.8 Å². The van der Waals surface area contributed by atoms with Gasteiger partial charge in [0.1, 0.15) is 0 Å². The van der Waals surface area contributed by atoms with Crippen molar-refractivity contribution >= 4 is 11.6 Å². The first-order valence-corrected chi connectivity index (χ1v) is 10.0. The molecule has 2 fully saturated rings. The molecule has 1 amide bonds. The number of para-hydroxylation sites is 1. The van der Waals surface area contributed by atoms with Gasteiger partial charge in [0, 0.05) is 37.8 Å². The normalized spacial score (nSPS) is 20.6. The number of hydrogen-bond donors (Lipinski definition) is 0. The molecule has 0 bridgehead atoms. The maximum atomic E-state index is 13.4. The minimum Gasteiger partial charge on any atom is -0.378 e. The number of aryl methyl sites for hydroxylation is 1. The zero-order valence-electron chi connectivity index (χ0n) is 16.1. The number of piperidine rings is 1. The van der Waals surface area contributed by atoms with Crippen LogP contribution in [0.5, 0.6) is 0 Å². The molecule has 142 valence electrons. The molecule has 4 rings (SSSR count). The summed E-state index contributed by atoms with van der Waals surface area (Å²) in [6.07, 6.45) is 2.21. The molecule has 0 unspecified atom stereocenters. The summed E-state index contributed by atoms with van der Waals surface area (Å²) in [6, 6.07) is 16.6. The van der Waals surface area contributed by atoms with Crippen LogP contribution in [0.2, 0.25) is 0 Å². The largest absolute Gasteiger partial charge is 0.378 e. The van der Waals surface area contributed by atoms with Crippen LogP contribution < -0.4 is 4.90 Å². The van der Waals surface area contributed by atoms with Gasteiger partial charge in [-0.1, -0.05) is 36.4 Å². The van der Waals surface area contributed by atoms with Crippen LogP contribution in [0.3, 0.4) is 0 Å². The average Bonchev–Trinajstić information content (AvgIpc) is 2.74. The van der Waals surface area contributed by atoms with Crippen molar-refractivity contribution in [2.45, 2.75) is 25.7 Å².